The molecule has 0 aromatic carbocycles. The summed E-state index contributed by atoms with van der Waals surface area (Å²) >= 11 is 1.68. The third kappa shape index (κ3) is 3.89. The molecule has 5 nitrogen and oxygen atoms in total. The van der Waals surface area contributed by atoms with E-state index in [-0.39, 0.29) is 0 Å². The Morgan fingerprint density at radius 1 is 1.44 bits per heavy atom. The van der Waals surface area contributed by atoms with Crippen molar-refractivity contribution in [2.24, 2.45) is 4.99 Å². The summed E-state index contributed by atoms with van der Waals surface area (Å²) in [5.74, 6) is 0.784. The summed E-state index contributed by atoms with van der Waals surface area (Å²) in [6, 6.07) is 3.91. The molecule has 0 spiro atoms. The zero-order valence-corrected chi connectivity index (χ0v) is 11.0. The van der Waals surface area contributed by atoms with Crippen LogP contribution < -0.4 is 10.6 Å². The summed E-state index contributed by atoms with van der Waals surface area (Å²) in [7, 11) is 0. The van der Waals surface area contributed by atoms with Gasteiger partial charge in [0.25, 0.3) is 0 Å². The van der Waals surface area contributed by atoms with Gasteiger partial charge in [0.15, 0.2) is 5.96 Å². The highest BCUT2D eigenvalue weighted by molar-refractivity contribution is 7.07. The van der Waals surface area contributed by atoms with Gasteiger partial charge in [0.2, 0.25) is 0 Å². The van der Waals surface area contributed by atoms with E-state index in [1.165, 1.54) is 5.56 Å². The maximum absolute atomic E-state index is 4.78. The van der Waals surface area contributed by atoms with Crippen LogP contribution in [0.3, 0.4) is 0 Å². The van der Waals surface area contributed by atoms with Crippen molar-refractivity contribution in [2.45, 2.75) is 20.0 Å². The lowest BCUT2D eigenvalue weighted by Gasteiger charge is -2.09. The van der Waals surface area contributed by atoms with E-state index in [9.17, 15) is 0 Å². The zero-order chi connectivity index (χ0) is 12.6. The SMILES string of the molecule is CCNC(=NCc1ccsc1)NCc1ccon1. The molecule has 0 bridgehead atoms. The number of rotatable bonds is 5. The van der Waals surface area contributed by atoms with Crippen molar-refractivity contribution in [2.75, 3.05) is 6.54 Å². The first kappa shape index (κ1) is 12.6. The first-order valence-corrected chi connectivity index (χ1v) is 6.75. The Hall–Kier alpha value is -1.82. The summed E-state index contributed by atoms with van der Waals surface area (Å²) in [5.41, 5.74) is 2.08. The van der Waals surface area contributed by atoms with Crippen LogP contribution in [-0.4, -0.2) is 17.7 Å². The maximum Gasteiger partial charge on any atom is 0.191 e. The fraction of sp³-hybridized carbons (Fsp3) is 0.333. The van der Waals surface area contributed by atoms with Crippen LogP contribution in [0.15, 0.2) is 38.7 Å². The van der Waals surface area contributed by atoms with Gasteiger partial charge < -0.3 is 15.2 Å². The Morgan fingerprint density at radius 3 is 3.06 bits per heavy atom. The van der Waals surface area contributed by atoms with Crippen molar-refractivity contribution in [3.63, 3.8) is 0 Å². The van der Waals surface area contributed by atoms with Crippen LogP contribution >= 0.6 is 11.3 Å². The molecule has 0 saturated heterocycles. The Kier molecular flexibility index (Phi) is 4.78. The van der Waals surface area contributed by atoms with E-state index in [1.807, 2.05) is 13.0 Å². The molecular formula is C12H16N4OS. The fourth-order valence-corrected chi connectivity index (χ4v) is 2.06. The first-order chi connectivity index (χ1) is 8.88. The number of aromatic nitrogens is 1. The lowest BCUT2D eigenvalue weighted by atomic mass is 10.3. The first-order valence-electron chi connectivity index (χ1n) is 5.81. The number of thiophene rings is 1. The molecule has 2 rings (SSSR count). The van der Waals surface area contributed by atoms with E-state index in [4.69, 9.17) is 4.52 Å². The van der Waals surface area contributed by atoms with Gasteiger partial charge in [-0.25, -0.2) is 4.99 Å². The third-order valence-corrected chi connectivity index (χ3v) is 3.00. The predicted molar refractivity (Wildman–Crippen MR) is 72.5 cm³/mol. The highest BCUT2D eigenvalue weighted by atomic mass is 32.1. The molecular weight excluding hydrogens is 248 g/mol. The summed E-state index contributed by atoms with van der Waals surface area (Å²) < 4.78 is 4.78. The fourth-order valence-electron chi connectivity index (χ4n) is 1.40. The van der Waals surface area contributed by atoms with Gasteiger partial charge in [0, 0.05) is 12.6 Å². The number of hydrogen-bond acceptors (Lipinski definition) is 4. The Morgan fingerprint density at radius 2 is 2.39 bits per heavy atom. The van der Waals surface area contributed by atoms with Gasteiger partial charge in [-0.2, -0.15) is 11.3 Å². The minimum Gasteiger partial charge on any atom is -0.364 e. The van der Waals surface area contributed by atoms with Gasteiger partial charge in [-0.1, -0.05) is 5.16 Å². The standard InChI is InChI=1S/C12H16N4OS/c1-2-13-12(14-7-10-4-6-18-9-10)15-8-11-3-5-17-16-11/h3-6,9H,2,7-8H2,1H3,(H2,13,14,15). The molecule has 0 amide bonds. The molecule has 18 heavy (non-hydrogen) atoms. The van der Waals surface area contributed by atoms with Crippen LogP contribution in [0.25, 0.3) is 0 Å². The Labute approximate surface area is 110 Å². The Bertz CT molecular complexity index is 464. The van der Waals surface area contributed by atoms with Gasteiger partial charge in [-0.05, 0) is 29.3 Å². The smallest absolute Gasteiger partial charge is 0.191 e. The number of hydrogen-bond donors (Lipinski definition) is 2. The van der Waals surface area contributed by atoms with Gasteiger partial charge in [0.05, 0.1) is 13.1 Å². The second kappa shape index (κ2) is 6.80. The van der Waals surface area contributed by atoms with Crippen molar-refractivity contribution >= 4 is 17.3 Å². The van der Waals surface area contributed by atoms with E-state index >= 15 is 0 Å². The molecule has 0 fully saturated rings. The zero-order valence-electron chi connectivity index (χ0n) is 10.2. The number of nitrogens with zero attached hydrogens (tertiary/aromatic N) is 2. The summed E-state index contributed by atoms with van der Waals surface area (Å²) in [6.07, 6.45) is 1.56. The van der Waals surface area contributed by atoms with Gasteiger partial charge in [-0.3, -0.25) is 0 Å². The normalized spacial score (nSPS) is 11.5. The number of aliphatic imine (C=N–C) groups is 1. The molecule has 0 saturated carbocycles. The average Bonchev–Trinajstić information content (AvgIpc) is 3.05. The molecule has 6 heteroatoms. The molecule has 0 unspecified atom stereocenters. The summed E-state index contributed by atoms with van der Waals surface area (Å²) in [6.45, 7) is 4.15. The maximum atomic E-state index is 4.78. The minimum atomic E-state index is 0.603. The number of guanidine groups is 1. The van der Waals surface area contributed by atoms with Crippen LogP contribution in [0, 0.1) is 0 Å². The minimum absolute atomic E-state index is 0.603. The average molecular weight is 264 g/mol. The summed E-state index contributed by atoms with van der Waals surface area (Å²) in [5, 5.41) is 14.4. The van der Waals surface area contributed by atoms with Crippen molar-refractivity contribution < 1.29 is 4.52 Å². The van der Waals surface area contributed by atoms with Crippen molar-refractivity contribution in [1.29, 1.82) is 0 Å². The highest BCUT2D eigenvalue weighted by Gasteiger charge is 2.00. The van der Waals surface area contributed by atoms with Gasteiger partial charge in [0.1, 0.15) is 12.0 Å². The van der Waals surface area contributed by atoms with E-state index in [2.05, 4.69) is 37.6 Å². The quantitative estimate of drug-likeness (QED) is 0.640. The molecule has 2 N–H and O–H groups in total. The van der Waals surface area contributed by atoms with E-state index in [0.717, 1.165) is 18.2 Å². The number of nitrogens with one attached hydrogen (secondary N) is 2. The molecule has 2 heterocycles. The van der Waals surface area contributed by atoms with Crippen LogP contribution in [0.1, 0.15) is 18.2 Å². The lowest BCUT2D eigenvalue weighted by molar-refractivity contribution is 0.410. The Balaban J connectivity index is 1.88. The molecule has 0 radical (unpaired) electrons. The molecule has 2 aromatic rings. The molecule has 0 aliphatic rings. The van der Waals surface area contributed by atoms with Crippen LogP contribution in [0.2, 0.25) is 0 Å². The predicted octanol–water partition coefficient (Wildman–Crippen LogP) is 1.99. The lowest BCUT2D eigenvalue weighted by Crippen LogP contribution is -2.36. The van der Waals surface area contributed by atoms with Crippen molar-refractivity contribution in [3.8, 4) is 0 Å². The second-order valence-electron chi connectivity index (χ2n) is 3.67. The monoisotopic (exact) mass is 264 g/mol. The van der Waals surface area contributed by atoms with E-state index in [0.29, 0.717) is 13.1 Å². The van der Waals surface area contributed by atoms with Gasteiger partial charge >= 0.3 is 0 Å². The molecule has 96 valence electrons. The molecule has 0 atom stereocenters. The largest absolute Gasteiger partial charge is 0.364 e. The molecule has 0 aliphatic carbocycles. The molecule has 0 aliphatic heterocycles. The van der Waals surface area contributed by atoms with Crippen LogP contribution in [0.4, 0.5) is 0 Å². The molecule has 2 aromatic heterocycles. The second-order valence-corrected chi connectivity index (χ2v) is 4.45. The topological polar surface area (TPSA) is 62.5 Å². The van der Waals surface area contributed by atoms with Crippen molar-refractivity contribution in [1.82, 2.24) is 15.8 Å². The van der Waals surface area contributed by atoms with E-state index in [1.54, 1.807) is 17.6 Å². The van der Waals surface area contributed by atoms with Crippen LogP contribution in [-0.2, 0) is 13.1 Å². The van der Waals surface area contributed by atoms with Crippen LogP contribution in [0.5, 0.6) is 0 Å². The summed E-state index contributed by atoms with van der Waals surface area (Å²) in [4.78, 5) is 4.50. The highest BCUT2D eigenvalue weighted by Crippen LogP contribution is 2.06. The third-order valence-electron chi connectivity index (χ3n) is 2.27. The van der Waals surface area contributed by atoms with E-state index < -0.39 is 0 Å². The van der Waals surface area contributed by atoms with Crippen molar-refractivity contribution in [3.05, 3.63) is 40.4 Å². The van der Waals surface area contributed by atoms with Gasteiger partial charge in [-0.15, -0.1) is 0 Å².